The number of nitrogens with zero attached hydrogens (tertiary/aromatic N) is 5. The van der Waals surface area contributed by atoms with E-state index >= 15 is 4.39 Å². The summed E-state index contributed by atoms with van der Waals surface area (Å²) < 4.78 is 38.9. The summed E-state index contributed by atoms with van der Waals surface area (Å²) in [5.74, 6) is -1.49. The monoisotopic (exact) mass is 625 g/mol. The fraction of sp³-hybridized carbons (Fsp3) is 0.286. The van der Waals surface area contributed by atoms with Crippen molar-refractivity contribution < 1.29 is 18.3 Å². The second-order valence-electron chi connectivity index (χ2n) is 11.7. The number of aromatic nitrogens is 3. The lowest BCUT2D eigenvalue weighted by molar-refractivity contribution is -0.129. The first-order chi connectivity index (χ1) is 21.7. The molecule has 1 atom stereocenters. The third kappa shape index (κ3) is 5.11. The Bertz CT molecular complexity index is 1980. The average Bonchev–Trinajstić information content (AvgIpc) is 3.67. The molecular weight excluding hydrogens is 592 g/mol. The number of fused-ring (bicyclic) bond motifs is 3. The highest BCUT2D eigenvalue weighted by atomic mass is 32.1. The summed E-state index contributed by atoms with van der Waals surface area (Å²) in [4.78, 5) is 21.9. The third-order valence-corrected chi connectivity index (χ3v) is 9.66. The van der Waals surface area contributed by atoms with E-state index in [0.29, 0.717) is 30.0 Å². The lowest BCUT2D eigenvalue weighted by atomic mass is 9.93. The average molecular weight is 626 g/mol. The van der Waals surface area contributed by atoms with Crippen molar-refractivity contribution in [2.45, 2.75) is 45.9 Å². The van der Waals surface area contributed by atoms with Gasteiger partial charge in [0.2, 0.25) is 5.91 Å². The van der Waals surface area contributed by atoms with Crippen molar-refractivity contribution in [2.75, 3.05) is 20.2 Å². The van der Waals surface area contributed by atoms with Gasteiger partial charge in [0.25, 0.3) is 0 Å². The van der Waals surface area contributed by atoms with Gasteiger partial charge in [0.05, 0.1) is 36.6 Å². The molecular formula is C35H33F2N5O2S. The highest BCUT2D eigenvalue weighted by molar-refractivity contribution is 7.18. The smallest absolute Gasteiger partial charge is 0.246 e. The first-order valence-corrected chi connectivity index (χ1v) is 16.0. The van der Waals surface area contributed by atoms with Crippen LogP contribution in [-0.2, 0) is 30.8 Å². The van der Waals surface area contributed by atoms with Crippen molar-refractivity contribution in [2.24, 2.45) is 0 Å². The van der Waals surface area contributed by atoms with Gasteiger partial charge >= 0.3 is 0 Å². The fourth-order valence-electron chi connectivity index (χ4n) is 6.51. The van der Waals surface area contributed by atoms with E-state index in [1.54, 1.807) is 11.8 Å². The van der Waals surface area contributed by atoms with Crippen LogP contribution in [-0.4, -0.2) is 56.7 Å². The molecule has 0 saturated heterocycles. The van der Waals surface area contributed by atoms with Gasteiger partial charge in [-0.15, -0.1) is 11.3 Å². The van der Waals surface area contributed by atoms with E-state index in [4.69, 9.17) is 14.8 Å². The normalized spacial score (nSPS) is 16.5. The topological polar surface area (TPSA) is 63.5 Å². The number of thiophene rings is 1. The van der Waals surface area contributed by atoms with E-state index in [0.717, 1.165) is 52.6 Å². The molecule has 2 aliphatic rings. The number of carbonyl (C=O) groups is 1. The third-order valence-electron chi connectivity index (χ3n) is 8.72. The van der Waals surface area contributed by atoms with Crippen molar-refractivity contribution >= 4 is 27.3 Å². The Hall–Kier alpha value is -4.41. The van der Waals surface area contributed by atoms with Crippen LogP contribution in [0.1, 0.15) is 30.7 Å². The van der Waals surface area contributed by atoms with E-state index in [-0.39, 0.29) is 29.9 Å². The molecule has 2 aliphatic heterocycles. The number of carbonyl (C=O) groups excluding carboxylic acids is 1. The van der Waals surface area contributed by atoms with E-state index < -0.39 is 11.6 Å². The SMILES string of the molecule is C=CC(=O)N1Cc2cc(-c3nc(-c4ccc5c(c4)CCN(C)C5)c4ccsc4c3-c3c(F)cc(F)cc3OCC)nn2CC1C. The predicted molar refractivity (Wildman–Crippen MR) is 173 cm³/mol. The predicted octanol–water partition coefficient (Wildman–Crippen LogP) is 7.08. The van der Waals surface area contributed by atoms with Crippen molar-refractivity contribution in [3.63, 3.8) is 0 Å². The second-order valence-corrected chi connectivity index (χ2v) is 12.7. The molecule has 2 aromatic carbocycles. The molecule has 0 N–H and O–H groups in total. The Labute approximate surface area is 264 Å². The minimum absolute atomic E-state index is 0.0906. The molecule has 0 fully saturated rings. The molecule has 7 rings (SSSR count). The van der Waals surface area contributed by atoms with Gasteiger partial charge in [0.15, 0.2) is 0 Å². The van der Waals surface area contributed by atoms with Gasteiger partial charge in [-0.3, -0.25) is 9.48 Å². The summed E-state index contributed by atoms with van der Waals surface area (Å²) in [5.41, 5.74) is 6.85. The number of amides is 1. The number of ether oxygens (including phenoxy) is 1. The first kappa shape index (κ1) is 29.3. The van der Waals surface area contributed by atoms with Crippen LogP contribution in [0.2, 0.25) is 0 Å². The summed E-state index contributed by atoms with van der Waals surface area (Å²) in [6.45, 7) is 10.4. The van der Waals surface area contributed by atoms with Gasteiger partial charge in [0.1, 0.15) is 28.8 Å². The van der Waals surface area contributed by atoms with E-state index in [2.05, 4.69) is 36.7 Å². The van der Waals surface area contributed by atoms with Gasteiger partial charge in [0, 0.05) is 52.5 Å². The number of likely N-dealkylation sites (N-methyl/N-ethyl adjacent to an activating group) is 1. The molecule has 0 saturated carbocycles. The molecule has 0 spiro atoms. The molecule has 1 unspecified atom stereocenters. The van der Waals surface area contributed by atoms with Crippen molar-refractivity contribution in [3.8, 4) is 39.5 Å². The minimum Gasteiger partial charge on any atom is -0.493 e. The molecule has 10 heteroatoms. The Balaban J connectivity index is 1.48. The van der Waals surface area contributed by atoms with Crippen molar-refractivity contribution in [1.29, 1.82) is 0 Å². The molecule has 0 bridgehead atoms. The zero-order valence-electron chi connectivity index (χ0n) is 25.4. The first-order valence-electron chi connectivity index (χ1n) is 15.1. The Kier molecular flexibility index (Phi) is 7.49. The van der Waals surface area contributed by atoms with Gasteiger partial charge in [-0.2, -0.15) is 5.10 Å². The Morgan fingerprint density at radius 2 is 1.96 bits per heavy atom. The largest absolute Gasteiger partial charge is 0.493 e. The maximum absolute atomic E-state index is 15.9. The number of hydrogen-bond acceptors (Lipinski definition) is 6. The van der Waals surface area contributed by atoms with Crippen LogP contribution >= 0.6 is 11.3 Å². The van der Waals surface area contributed by atoms with Crippen LogP contribution < -0.4 is 4.74 Å². The molecule has 45 heavy (non-hydrogen) atoms. The molecule has 5 aromatic rings. The van der Waals surface area contributed by atoms with Gasteiger partial charge < -0.3 is 14.5 Å². The molecule has 230 valence electrons. The number of hydrogen-bond donors (Lipinski definition) is 0. The van der Waals surface area contributed by atoms with Crippen LogP contribution in [0.25, 0.3) is 43.9 Å². The number of pyridine rings is 1. The maximum atomic E-state index is 15.9. The van der Waals surface area contributed by atoms with Crippen LogP contribution in [0.15, 0.2) is 60.5 Å². The summed E-state index contributed by atoms with van der Waals surface area (Å²) in [6, 6.07) is 12.4. The highest BCUT2D eigenvalue weighted by Crippen LogP contribution is 2.47. The number of rotatable bonds is 6. The van der Waals surface area contributed by atoms with E-state index in [1.165, 1.54) is 34.6 Å². The number of benzene rings is 2. The summed E-state index contributed by atoms with van der Waals surface area (Å²) in [7, 11) is 2.13. The minimum atomic E-state index is -0.734. The van der Waals surface area contributed by atoms with E-state index in [9.17, 15) is 9.18 Å². The lowest BCUT2D eigenvalue weighted by Gasteiger charge is -2.33. The summed E-state index contributed by atoms with van der Waals surface area (Å²) >= 11 is 1.48. The Morgan fingerprint density at radius 1 is 1.11 bits per heavy atom. The highest BCUT2D eigenvalue weighted by Gasteiger charge is 2.30. The lowest BCUT2D eigenvalue weighted by Crippen LogP contribution is -2.44. The van der Waals surface area contributed by atoms with Gasteiger partial charge in [-0.1, -0.05) is 18.7 Å². The quantitative estimate of drug-likeness (QED) is 0.189. The standard InChI is InChI=1S/C35H33F2N5O2S/c1-5-30(43)41-19-25-16-28(39-42(25)17-20(41)3)34-32(31-27(37)14-24(36)15-29(31)44-6-2)35-26(10-12-45-35)33(38-34)22-7-8-23-18-40(4)11-9-21(23)13-22/h5,7-8,10,12-16,20H,1,6,9,11,17-19H2,2-4H3. The van der Waals surface area contributed by atoms with Crippen molar-refractivity contribution in [1.82, 2.24) is 24.6 Å². The van der Waals surface area contributed by atoms with Crippen LogP contribution in [0.5, 0.6) is 5.75 Å². The van der Waals surface area contributed by atoms with Crippen LogP contribution in [0.3, 0.4) is 0 Å². The number of halogens is 2. The van der Waals surface area contributed by atoms with Crippen LogP contribution in [0.4, 0.5) is 8.78 Å². The molecule has 0 radical (unpaired) electrons. The molecule has 7 nitrogen and oxygen atoms in total. The summed E-state index contributed by atoms with van der Waals surface area (Å²) in [5, 5.41) is 7.80. The second kappa shape index (κ2) is 11.5. The van der Waals surface area contributed by atoms with Crippen LogP contribution in [0, 0.1) is 11.6 Å². The zero-order chi connectivity index (χ0) is 31.4. The maximum Gasteiger partial charge on any atom is 0.246 e. The molecule has 0 aliphatic carbocycles. The fourth-order valence-corrected chi connectivity index (χ4v) is 7.46. The van der Waals surface area contributed by atoms with Crippen molar-refractivity contribution in [3.05, 3.63) is 89.0 Å². The molecule has 5 heterocycles. The van der Waals surface area contributed by atoms with Gasteiger partial charge in [-0.25, -0.2) is 13.8 Å². The van der Waals surface area contributed by atoms with E-state index in [1.807, 2.05) is 29.1 Å². The Morgan fingerprint density at radius 3 is 2.76 bits per heavy atom. The summed E-state index contributed by atoms with van der Waals surface area (Å²) in [6.07, 6.45) is 2.27. The zero-order valence-corrected chi connectivity index (χ0v) is 26.3. The molecule has 1 amide bonds. The van der Waals surface area contributed by atoms with Gasteiger partial charge in [-0.05, 0) is 68.1 Å². The molecule has 3 aromatic heterocycles.